The standard InChI is InChI=1S/C45H32.C6H6/c1-31-25-35(32-15-5-2-6-16-32)28-38(26-31)44-40-21-11-13-23-42(40)45(43-24-14-12-22-41(43)44)39-29-36(33-17-7-3-8-18-33)27-37(30-39)34-19-9-4-10-20-34;1-2-4-6-5-3-1/h2-30H,1H3;1-6H. The summed E-state index contributed by atoms with van der Waals surface area (Å²) in [5, 5.41) is 5.06. The zero-order valence-electron chi connectivity index (χ0n) is 28.7. The molecule has 0 bridgehead atoms. The van der Waals surface area contributed by atoms with Crippen LogP contribution in [0.25, 0.3) is 77.2 Å². The summed E-state index contributed by atoms with van der Waals surface area (Å²) >= 11 is 0. The highest BCUT2D eigenvalue weighted by molar-refractivity contribution is 6.21. The summed E-state index contributed by atoms with van der Waals surface area (Å²) in [5.74, 6) is 0. The highest BCUT2D eigenvalue weighted by atomic mass is 14.2. The third kappa shape index (κ3) is 6.73. The Bertz CT molecular complexity index is 2410. The van der Waals surface area contributed by atoms with E-state index in [0.29, 0.717) is 0 Å². The van der Waals surface area contributed by atoms with Crippen molar-refractivity contribution in [3.8, 4) is 55.6 Å². The molecule has 0 aliphatic carbocycles. The van der Waals surface area contributed by atoms with Gasteiger partial charge in [-0.25, -0.2) is 0 Å². The van der Waals surface area contributed by atoms with E-state index in [9.17, 15) is 0 Å². The van der Waals surface area contributed by atoms with E-state index >= 15 is 0 Å². The molecule has 0 atom stereocenters. The Morgan fingerprint density at radius 2 is 0.451 bits per heavy atom. The molecular formula is C51H38. The molecule has 0 fully saturated rings. The minimum Gasteiger partial charge on any atom is -0.0623 e. The van der Waals surface area contributed by atoms with Crippen LogP contribution >= 0.6 is 0 Å². The minimum absolute atomic E-state index is 1.22. The van der Waals surface area contributed by atoms with E-state index in [1.165, 1.54) is 82.7 Å². The maximum absolute atomic E-state index is 2.37. The monoisotopic (exact) mass is 650 g/mol. The third-order valence-corrected chi connectivity index (χ3v) is 9.51. The lowest BCUT2D eigenvalue weighted by Gasteiger charge is -2.20. The Labute approximate surface area is 301 Å². The number of rotatable bonds is 5. The molecule has 0 aliphatic heterocycles. The van der Waals surface area contributed by atoms with E-state index in [2.05, 4.69) is 183 Å². The molecule has 0 nitrogen and oxygen atoms in total. The van der Waals surface area contributed by atoms with Crippen molar-refractivity contribution in [1.29, 1.82) is 0 Å². The molecular weight excluding hydrogens is 613 g/mol. The molecule has 0 unspecified atom stereocenters. The first-order valence-electron chi connectivity index (χ1n) is 17.6. The van der Waals surface area contributed by atoms with Gasteiger partial charge in [-0.1, -0.05) is 188 Å². The van der Waals surface area contributed by atoms with Gasteiger partial charge in [0.1, 0.15) is 0 Å². The Balaban J connectivity index is 0.000000567. The van der Waals surface area contributed by atoms with Crippen LogP contribution in [0.1, 0.15) is 5.56 Å². The van der Waals surface area contributed by atoms with Gasteiger partial charge in [0.2, 0.25) is 0 Å². The molecule has 0 heterocycles. The van der Waals surface area contributed by atoms with Gasteiger partial charge in [-0.2, -0.15) is 0 Å². The van der Waals surface area contributed by atoms with E-state index in [4.69, 9.17) is 0 Å². The van der Waals surface area contributed by atoms with Crippen molar-refractivity contribution < 1.29 is 0 Å². The lowest BCUT2D eigenvalue weighted by Crippen LogP contribution is -1.93. The van der Waals surface area contributed by atoms with Crippen LogP contribution in [0, 0.1) is 6.92 Å². The number of aryl methyl sites for hydroxylation is 1. The molecule has 9 rings (SSSR count). The predicted octanol–water partition coefficient (Wildman–Crippen LogP) is 14.3. The first-order valence-corrected chi connectivity index (χ1v) is 17.6. The summed E-state index contributed by atoms with van der Waals surface area (Å²) in [5.41, 5.74) is 13.6. The Morgan fingerprint density at radius 1 is 0.216 bits per heavy atom. The maximum atomic E-state index is 2.37. The van der Waals surface area contributed by atoms with E-state index in [-0.39, 0.29) is 0 Å². The van der Waals surface area contributed by atoms with E-state index in [0.717, 1.165) is 0 Å². The molecule has 242 valence electrons. The second-order valence-corrected chi connectivity index (χ2v) is 13.0. The van der Waals surface area contributed by atoms with Gasteiger partial charge in [-0.15, -0.1) is 0 Å². The van der Waals surface area contributed by atoms with Gasteiger partial charge in [0.25, 0.3) is 0 Å². The van der Waals surface area contributed by atoms with Crippen molar-refractivity contribution in [2.45, 2.75) is 6.92 Å². The topological polar surface area (TPSA) is 0 Å². The second-order valence-electron chi connectivity index (χ2n) is 13.0. The second kappa shape index (κ2) is 14.5. The molecule has 0 radical (unpaired) electrons. The lowest BCUT2D eigenvalue weighted by molar-refractivity contribution is 1.47. The molecule has 0 saturated heterocycles. The van der Waals surface area contributed by atoms with Gasteiger partial charge in [0.15, 0.2) is 0 Å². The van der Waals surface area contributed by atoms with Crippen molar-refractivity contribution in [3.63, 3.8) is 0 Å². The highest BCUT2D eigenvalue weighted by Crippen LogP contribution is 2.46. The number of fused-ring (bicyclic) bond motifs is 2. The maximum Gasteiger partial charge on any atom is -0.00259 e. The van der Waals surface area contributed by atoms with Gasteiger partial charge in [-0.3, -0.25) is 0 Å². The van der Waals surface area contributed by atoms with Gasteiger partial charge in [0.05, 0.1) is 0 Å². The average Bonchev–Trinajstić information content (AvgIpc) is 3.21. The van der Waals surface area contributed by atoms with Crippen LogP contribution in [0.5, 0.6) is 0 Å². The smallest absolute Gasteiger partial charge is 0.00259 e. The van der Waals surface area contributed by atoms with Crippen LogP contribution in [0.3, 0.4) is 0 Å². The van der Waals surface area contributed by atoms with Crippen molar-refractivity contribution in [2.75, 3.05) is 0 Å². The first kappa shape index (κ1) is 31.7. The molecule has 0 saturated carbocycles. The molecule has 0 aliphatic rings. The van der Waals surface area contributed by atoms with Crippen LogP contribution in [-0.4, -0.2) is 0 Å². The summed E-state index contributed by atoms with van der Waals surface area (Å²) in [4.78, 5) is 0. The Morgan fingerprint density at radius 3 is 0.804 bits per heavy atom. The Hall–Kier alpha value is -6.50. The molecule has 0 heteroatoms. The first-order chi connectivity index (χ1) is 25.2. The number of hydrogen-bond acceptors (Lipinski definition) is 0. The number of hydrogen-bond donors (Lipinski definition) is 0. The summed E-state index contributed by atoms with van der Waals surface area (Å²) in [6, 6.07) is 76.1. The van der Waals surface area contributed by atoms with E-state index in [1.807, 2.05) is 36.4 Å². The molecule has 0 aromatic heterocycles. The zero-order chi connectivity index (χ0) is 34.4. The van der Waals surface area contributed by atoms with Gasteiger partial charge in [0, 0.05) is 0 Å². The quantitative estimate of drug-likeness (QED) is 0.163. The summed E-state index contributed by atoms with van der Waals surface area (Å²) in [6.45, 7) is 2.20. The SMILES string of the molecule is Cc1cc(-c2ccccc2)cc(-c2c3ccccc3c(-c3cc(-c4ccccc4)cc(-c4ccccc4)c3)c3ccccc23)c1.c1ccccc1. The molecule has 0 spiro atoms. The molecule has 9 aromatic rings. The van der Waals surface area contributed by atoms with Gasteiger partial charge < -0.3 is 0 Å². The van der Waals surface area contributed by atoms with Gasteiger partial charge >= 0.3 is 0 Å². The fourth-order valence-electron chi connectivity index (χ4n) is 7.23. The third-order valence-electron chi connectivity index (χ3n) is 9.51. The fourth-order valence-corrected chi connectivity index (χ4v) is 7.23. The van der Waals surface area contributed by atoms with Crippen LogP contribution in [-0.2, 0) is 0 Å². The minimum atomic E-state index is 1.22. The van der Waals surface area contributed by atoms with E-state index < -0.39 is 0 Å². The summed E-state index contributed by atoms with van der Waals surface area (Å²) in [6.07, 6.45) is 0. The molecule has 51 heavy (non-hydrogen) atoms. The van der Waals surface area contributed by atoms with Crippen molar-refractivity contribution in [2.24, 2.45) is 0 Å². The molecule has 9 aromatic carbocycles. The van der Waals surface area contributed by atoms with Crippen molar-refractivity contribution in [3.05, 3.63) is 218 Å². The number of benzene rings is 9. The fraction of sp³-hybridized carbons (Fsp3) is 0.0196. The molecule has 0 N–H and O–H groups in total. The van der Waals surface area contributed by atoms with Crippen LogP contribution < -0.4 is 0 Å². The highest BCUT2D eigenvalue weighted by Gasteiger charge is 2.18. The summed E-state index contributed by atoms with van der Waals surface area (Å²) in [7, 11) is 0. The van der Waals surface area contributed by atoms with E-state index in [1.54, 1.807) is 0 Å². The lowest BCUT2D eigenvalue weighted by atomic mass is 9.83. The summed E-state index contributed by atoms with van der Waals surface area (Å²) < 4.78 is 0. The van der Waals surface area contributed by atoms with Crippen molar-refractivity contribution in [1.82, 2.24) is 0 Å². The zero-order valence-corrected chi connectivity index (χ0v) is 28.7. The van der Waals surface area contributed by atoms with Crippen molar-refractivity contribution >= 4 is 21.5 Å². The predicted molar refractivity (Wildman–Crippen MR) is 220 cm³/mol. The largest absolute Gasteiger partial charge is 0.0623 e. The van der Waals surface area contributed by atoms with Crippen LogP contribution in [0.4, 0.5) is 0 Å². The van der Waals surface area contributed by atoms with Crippen LogP contribution in [0.2, 0.25) is 0 Å². The van der Waals surface area contributed by atoms with Crippen LogP contribution in [0.15, 0.2) is 212 Å². The normalized spacial score (nSPS) is 10.8. The average molecular weight is 651 g/mol. The van der Waals surface area contributed by atoms with Gasteiger partial charge in [-0.05, 0) is 114 Å². The molecule has 0 amide bonds. The Kier molecular flexibility index (Phi) is 9.05.